The topological polar surface area (TPSA) is 71.8 Å². The van der Waals surface area contributed by atoms with Crippen LogP contribution in [0.15, 0.2) is 36.4 Å². The van der Waals surface area contributed by atoms with Crippen molar-refractivity contribution in [2.75, 3.05) is 12.0 Å². The van der Waals surface area contributed by atoms with E-state index in [4.69, 9.17) is 16.3 Å². The van der Waals surface area contributed by atoms with E-state index in [1.165, 1.54) is 23.1 Å². The number of Topliss-reactive ketones (excluding diaryl/α,β-unsaturated/α-hetero) is 1. The van der Waals surface area contributed by atoms with Gasteiger partial charge in [-0.1, -0.05) is 11.6 Å². The standard InChI is InChI=1S/C25H26ClFN2O4/c1-25(2,32)24-23(17-12-16(33-4)6-8-21(17)28(24)3)18-9-15(11-22(18)31)29(13-30)14-5-7-20(27)19(26)10-14/h5-8,10,12-13,15,18,32H,9,11H2,1-4H3. The van der Waals surface area contributed by atoms with Gasteiger partial charge in [-0.2, -0.15) is 0 Å². The number of ketones is 1. The Hall–Kier alpha value is -2.90. The van der Waals surface area contributed by atoms with Gasteiger partial charge in [-0.3, -0.25) is 9.59 Å². The number of nitrogens with zero attached hydrogens (tertiary/aromatic N) is 2. The lowest BCUT2D eigenvalue weighted by molar-refractivity contribution is -0.118. The summed E-state index contributed by atoms with van der Waals surface area (Å²) in [6.07, 6.45) is 1.16. The van der Waals surface area contributed by atoms with Gasteiger partial charge in [-0.25, -0.2) is 4.39 Å². The number of amides is 1. The second-order valence-electron chi connectivity index (χ2n) is 8.99. The van der Waals surface area contributed by atoms with Gasteiger partial charge in [0.15, 0.2) is 0 Å². The number of hydrogen-bond acceptors (Lipinski definition) is 4. The van der Waals surface area contributed by atoms with Gasteiger partial charge in [-0.15, -0.1) is 0 Å². The highest BCUT2D eigenvalue weighted by Gasteiger charge is 2.42. The summed E-state index contributed by atoms with van der Waals surface area (Å²) < 4.78 is 20.9. The average Bonchev–Trinajstić information content (AvgIpc) is 3.27. The van der Waals surface area contributed by atoms with E-state index >= 15 is 0 Å². The summed E-state index contributed by atoms with van der Waals surface area (Å²) in [7, 11) is 3.44. The van der Waals surface area contributed by atoms with Crippen LogP contribution in [0.1, 0.15) is 43.9 Å². The lowest BCUT2D eigenvalue weighted by atomic mass is 9.88. The summed E-state index contributed by atoms with van der Waals surface area (Å²) >= 11 is 5.92. The van der Waals surface area contributed by atoms with Gasteiger partial charge in [0.05, 0.1) is 23.4 Å². The van der Waals surface area contributed by atoms with Crippen LogP contribution in [-0.4, -0.2) is 35.0 Å². The molecule has 2 atom stereocenters. The van der Waals surface area contributed by atoms with Crippen molar-refractivity contribution in [3.63, 3.8) is 0 Å². The van der Waals surface area contributed by atoms with E-state index in [9.17, 15) is 19.1 Å². The van der Waals surface area contributed by atoms with E-state index in [0.717, 1.165) is 16.5 Å². The third-order valence-electron chi connectivity index (χ3n) is 6.42. The number of anilines is 1. The Bertz CT molecular complexity index is 1250. The Balaban J connectivity index is 1.81. The number of carbonyl (C=O) groups is 2. The van der Waals surface area contributed by atoms with E-state index in [0.29, 0.717) is 30.0 Å². The molecule has 8 heteroatoms. The van der Waals surface area contributed by atoms with Gasteiger partial charge in [0.2, 0.25) is 6.41 Å². The molecule has 0 aliphatic heterocycles. The second kappa shape index (κ2) is 8.47. The zero-order chi connectivity index (χ0) is 24.1. The lowest BCUT2D eigenvalue weighted by Gasteiger charge is -2.26. The van der Waals surface area contributed by atoms with Crippen molar-refractivity contribution >= 4 is 40.4 Å². The highest BCUT2D eigenvalue weighted by Crippen LogP contribution is 2.44. The van der Waals surface area contributed by atoms with E-state index in [2.05, 4.69) is 0 Å². The molecular weight excluding hydrogens is 447 g/mol. The molecule has 174 valence electrons. The summed E-state index contributed by atoms with van der Waals surface area (Å²) in [5.41, 5.74) is 1.49. The van der Waals surface area contributed by atoms with Crippen molar-refractivity contribution in [1.82, 2.24) is 4.57 Å². The summed E-state index contributed by atoms with van der Waals surface area (Å²) in [6, 6.07) is 9.25. The van der Waals surface area contributed by atoms with Crippen molar-refractivity contribution in [3.8, 4) is 5.75 Å². The first kappa shape index (κ1) is 23.3. The number of hydrogen-bond donors (Lipinski definition) is 1. The fourth-order valence-corrected chi connectivity index (χ4v) is 5.20. The quantitative estimate of drug-likeness (QED) is 0.528. The van der Waals surface area contributed by atoms with Crippen molar-refractivity contribution < 1.29 is 23.8 Å². The monoisotopic (exact) mass is 472 g/mol. The first-order chi connectivity index (χ1) is 15.6. The number of aliphatic hydroxyl groups is 1. The average molecular weight is 473 g/mol. The molecule has 0 saturated heterocycles. The molecule has 1 saturated carbocycles. The summed E-state index contributed by atoms with van der Waals surface area (Å²) in [5.74, 6) is -0.480. The highest BCUT2D eigenvalue weighted by atomic mass is 35.5. The van der Waals surface area contributed by atoms with Gasteiger partial charge in [0.25, 0.3) is 0 Å². The van der Waals surface area contributed by atoms with Crippen LogP contribution < -0.4 is 9.64 Å². The fourth-order valence-electron chi connectivity index (χ4n) is 5.03. The number of carbonyl (C=O) groups excluding carboxylic acids is 2. The number of ether oxygens (including phenoxy) is 1. The Morgan fingerprint density at radius 1 is 1.27 bits per heavy atom. The maximum atomic E-state index is 13.6. The van der Waals surface area contributed by atoms with E-state index < -0.39 is 23.4 Å². The third-order valence-corrected chi connectivity index (χ3v) is 6.70. The van der Waals surface area contributed by atoms with Crippen LogP contribution in [-0.2, 0) is 22.2 Å². The van der Waals surface area contributed by atoms with E-state index in [-0.39, 0.29) is 17.2 Å². The molecule has 1 N–H and O–H groups in total. The molecule has 1 fully saturated rings. The predicted octanol–water partition coefficient (Wildman–Crippen LogP) is 4.68. The van der Waals surface area contributed by atoms with Crippen molar-refractivity contribution in [1.29, 1.82) is 0 Å². The number of fused-ring (bicyclic) bond motifs is 1. The number of rotatable bonds is 6. The normalized spacial score (nSPS) is 18.7. The molecule has 6 nitrogen and oxygen atoms in total. The minimum absolute atomic E-state index is 0.0270. The molecule has 2 aromatic carbocycles. The van der Waals surface area contributed by atoms with Crippen LogP contribution in [0.4, 0.5) is 10.1 Å². The van der Waals surface area contributed by atoms with Crippen molar-refractivity contribution in [2.45, 2.75) is 44.2 Å². The first-order valence-electron chi connectivity index (χ1n) is 10.7. The number of aromatic nitrogens is 1. The largest absolute Gasteiger partial charge is 0.497 e. The van der Waals surface area contributed by atoms with Crippen molar-refractivity contribution in [2.24, 2.45) is 7.05 Å². The Kier molecular flexibility index (Phi) is 5.97. The molecule has 1 aliphatic rings. The van der Waals surface area contributed by atoms with Gasteiger partial charge in [0.1, 0.15) is 17.3 Å². The molecule has 0 spiro atoms. The van der Waals surface area contributed by atoms with Crippen LogP contribution in [0.2, 0.25) is 5.02 Å². The zero-order valence-corrected chi connectivity index (χ0v) is 19.7. The molecule has 2 unspecified atom stereocenters. The number of benzene rings is 2. The van der Waals surface area contributed by atoms with Crippen LogP contribution in [0.5, 0.6) is 5.75 Å². The van der Waals surface area contributed by atoms with Gasteiger partial charge in [-0.05, 0) is 62.2 Å². The van der Waals surface area contributed by atoms with E-state index in [1.807, 2.05) is 29.8 Å². The first-order valence-corrected chi connectivity index (χ1v) is 11.0. The Morgan fingerprint density at radius 3 is 2.61 bits per heavy atom. The van der Waals surface area contributed by atoms with Gasteiger partial charge < -0.3 is 19.3 Å². The smallest absolute Gasteiger partial charge is 0.214 e. The molecule has 1 heterocycles. The zero-order valence-electron chi connectivity index (χ0n) is 18.9. The summed E-state index contributed by atoms with van der Waals surface area (Å²) in [4.78, 5) is 26.7. The minimum Gasteiger partial charge on any atom is -0.497 e. The summed E-state index contributed by atoms with van der Waals surface area (Å²) in [6.45, 7) is 3.38. The lowest BCUT2D eigenvalue weighted by Crippen LogP contribution is -2.32. The predicted molar refractivity (Wildman–Crippen MR) is 125 cm³/mol. The molecule has 33 heavy (non-hydrogen) atoms. The van der Waals surface area contributed by atoms with Crippen LogP contribution in [0, 0.1) is 5.82 Å². The van der Waals surface area contributed by atoms with Gasteiger partial charge in [0, 0.05) is 42.0 Å². The molecule has 4 rings (SSSR count). The molecule has 3 aromatic rings. The summed E-state index contributed by atoms with van der Waals surface area (Å²) in [5, 5.41) is 11.7. The molecular formula is C25H26ClFN2O4. The minimum atomic E-state index is -1.20. The maximum Gasteiger partial charge on any atom is 0.214 e. The Labute approximate surface area is 196 Å². The van der Waals surface area contributed by atoms with Crippen molar-refractivity contribution in [3.05, 3.63) is 58.5 Å². The number of methoxy groups -OCH3 is 1. The molecule has 0 radical (unpaired) electrons. The van der Waals surface area contributed by atoms with Crippen LogP contribution >= 0.6 is 11.6 Å². The van der Waals surface area contributed by atoms with Crippen LogP contribution in [0.3, 0.4) is 0 Å². The Morgan fingerprint density at radius 2 is 2.00 bits per heavy atom. The SMILES string of the molecule is COc1ccc2c(c1)c(C1CC(N(C=O)c3ccc(F)c(Cl)c3)CC1=O)c(C(C)(C)O)n2C. The second-order valence-corrected chi connectivity index (χ2v) is 9.39. The van der Waals surface area contributed by atoms with Crippen LogP contribution in [0.25, 0.3) is 10.9 Å². The molecule has 0 bridgehead atoms. The number of aryl methyl sites for hydroxylation is 1. The molecule has 1 amide bonds. The van der Waals surface area contributed by atoms with Gasteiger partial charge >= 0.3 is 0 Å². The highest BCUT2D eigenvalue weighted by molar-refractivity contribution is 6.31. The third kappa shape index (κ3) is 4.00. The molecule has 1 aliphatic carbocycles. The molecule has 1 aromatic heterocycles. The maximum absolute atomic E-state index is 13.6. The number of halogens is 2. The van der Waals surface area contributed by atoms with E-state index in [1.54, 1.807) is 21.0 Å². The fraction of sp³-hybridized carbons (Fsp3) is 0.360.